The summed E-state index contributed by atoms with van der Waals surface area (Å²) in [6.45, 7) is 5.48. The van der Waals surface area contributed by atoms with Gasteiger partial charge < -0.3 is 10.1 Å². The molecule has 0 aliphatic carbocycles. The third kappa shape index (κ3) is 3.75. The number of para-hydroxylation sites is 2. The zero-order valence-electron chi connectivity index (χ0n) is 15.1. The predicted molar refractivity (Wildman–Crippen MR) is 103 cm³/mol. The number of carbonyl (C=O) groups is 2. The Bertz CT molecular complexity index is 965. The van der Waals surface area contributed by atoms with Gasteiger partial charge in [-0.25, -0.2) is 4.79 Å². The molecule has 0 unspecified atom stereocenters. The van der Waals surface area contributed by atoms with Crippen molar-refractivity contribution in [3.8, 4) is 5.75 Å². The third-order valence-corrected chi connectivity index (χ3v) is 4.03. The van der Waals surface area contributed by atoms with Crippen LogP contribution in [0.5, 0.6) is 5.75 Å². The zero-order valence-corrected chi connectivity index (χ0v) is 15.1. The molecule has 0 atom stereocenters. The Morgan fingerprint density at radius 2 is 1.50 bits per heavy atom. The van der Waals surface area contributed by atoms with Crippen LogP contribution in [0.25, 0.3) is 10.8 Å². The quantitative estimate of drug-likeness (QED) is 0.533. The molecule has 3 rings (SSSR count). The molecule has 132 valence electrons. The van der Waals surface area contributed by atoms with Crippen molar-refractivity contribution in [1.29, 1.82) is 0 Å². The number of fused-ring (bicyclic) bond motifs is 1. The van der Waals surface area contributed by atoms with Crippen molar-refractivity contribution in [3.05, 3.63) is 72.3 Å². The van der Waals surface area contributed by atoms with Crippen molar-refractivity contribution < 1.29 is 14.3 Å². The minimum Gasteiger partial charge on any atom is -0.421 e. The van der Waals surface area contributed by atoms with Crippen LogP contribution in [-0.2, 0) is 4.79 Å². The van der Waals surface area contributed by atoms with Gasteiger partial charge in [-0.1, -0.05) is 69.3 Å². The number of anilines is 1. The first-order valence-corrected chi connectivity index (χ1v) is 8.47. The molecule has 3 aromatic carbocycles. The van der Waals surface area contributed by atoms with E-state index in [1.54, 1.807) is 30.3 Å². The molecule has 26 heavy (non-hydrogen) atoms. The fraction of sp³-hybridized carbons (Fsp3) is 0.182. The number of hydrogen-bond acceptors (Lipinski definition) is 3. The number of amides is 1. The fourth-order valence-electron chi connectivity index (χ4n) is 2.53. The maximum absolute atomic E-state index is 12.7. The van der Waals surface area contributed by atoms with E-state index in [1.807, 2.05) is 57.2 Å². The van der Waals surface area contributed by atoms with Crippen molar-refractivity contribution in [2.24, 2.45) is 5.41 Å². The van der Waals surface area contributed by atoms with Crippen LogP contribution in [0.15, 0.2) is 66.7 Å². The van der Waals surface area contributed by atoms with Gasteiger partial charge in [-0.05, 0) is 29.0 Å². The van der Waals surface area contributed by atoms with Crippen LogP contribution in [0, 0.1) is 5.41 Å². The van der Waals surface area contributed by atoms with E-state index in [1.165, 1.54) is 0 Å². The minimum atomic E-state index is -0.549. The Morgan fingerprint density at radius 1 is 0.846 bits per heavy atom. The summed E-state index contributed by atoms with van der Waals surface area (Å²) in [7, 11) is 0. The van der Waals surface area contributed by atoms with Crippen LogP contribution < -0.4 is 10.1 Å². The highest BCUT2D eigenvalue weighted by Crippen LogP contribution is 2.28. The molecule has 4 heteroatoms. The van der Waals surface area contributed by atoms with E-state index in [0.29, 0.717) is 17.0 Å². The smallest absolute Gasteiger partial charge is 0.344 e. The molecule has 3 aromatic rings. The molecule has 0 radical (unpaired) electrons. The second-order valence-corrected chi connectivity index (χ2v) is 7.12. The molecule has 0 saturated carbocycles. The Hall–Kier alpha value is -3.14. The maximum Gasteiger partial charge on any atom is 0.344 e. The van der Waals surface area contributed by atoms with Crippen molar-refractivity contribution in [3.63, 3.8) is 0 Å². The Morgan fingerprint density at radius 3 is 2.27 bits per heavy atom. The van der Waals surface area contributed by atoms with Gasteiger partial charge >= 0.3 is 5.97 Å². The van der Waals surface area contributed by atoms with Crippen LogP contribution in [0.4, 0.5) is 5.69 Å². The number of carbonyl (C=O) groups excluding carboxylic acids is 2. The van der Waals surface area contributed by atoms with Gasteiger partial charge in [-0.3, -0.25) is 4.79 Å². The van der Waals surface area contributed by atoms with Gasteiger partial charge in [0.25, 0.3) is 0 Å². The molecule has 0 aromatic heterocycles. The number of hydrogen-bond donors (Lipinski definition) is 1. The van der Waals surface area contributed by atoms with Gasteiger partial charge in [-0.15, -0.1) is 0 Å². The van der Waals surface area contributed by atoms with E-state index in [-0.39, 0.29) is 5.91 Å². The largest absolute Gasteiger partial charge is 0.421 e. The van der Waals surface area contributed by atoms with Gasteiger partial charge in [0.1, 0.15) is 0 Å². The molecular weight excluding hydrogens is 326 g/mol. The maximum atomic E-state index is 12.7. The molecule has 0 bridgehead atoms. The topological polar surface area (TPSA) is 55.4 Å². The lowest BCUT2D eigenvalue weighted by Crippen LogP contribution is -2.28. The molecule has 0 aliphatic heterocycles. The summed E-state index contributed by atoms with van der Waals surface area (Å²) >= 11 is 0. The monoisotopic (exact) mass is 347 g/mol. The van der Waals surface area contributed by atoms with Crippen LogP contribution in [-0.4, -0.2) is 11.9 Å². The van der Waals surface area contributed by atoms with Crippen LogP contribution in [0.2, 0.25) is 0 Å². The molecule has 0 spiro atoms. The highest BCUT2D eigenvalue weighted by Gasteiger charge is 2.23. The lowest BCUT2D eigenvalue weighted by atomic mass is 9.95. The van der Waals surface area contributed by atoms with E-state index < -0.39 is 11.4 Å². The number of nitrogens with one attached hydrogen (secondary N) is 1. The van der Waals surface area contributed by atoms with E-state index in [9.17, 15) is 9.59 Å². The molecule has 1 N–H and O–H groups in total. The van der Waals surface area contributed by atoms with E-state index in [0.717, 1.165) is 10.8 Å². The summed E-state index contributed by atoms with van der Waals surface area (Å²) in [5, 5.41) is 4.63. The van der Waals surface area contributed by atoms with Crippen molar-refractivity contribution in [1.82, 2.24) is 0 Å². The van der Waals surface area contributed by atoms with Gasteiger partial charge in [0.2, 0.25) is 5.91 Å². The highest BCUT2D eigenvalue weighted by atomic mass is 16.5. The van der Waals surface area contributed by atoms with Gasteiger partial charge in [0.05, 0.1) is 11.3 Å². The van der Waals surface area contributed by atoms with Crippen molar-refractivity contribution in [2.75, 3.05) is 5.32 Å². The fourth-order valence-corrected chi connectivity index (χ4v) is 2.53. The van der Waals surface area contributed by atoms with Crippen molar-refractivity contribution in [2.45, 2.75) is 20.8 Å². The molecule has 0 saturated heterocycles. The zero-order chi connectivity index (χ0) is 18.7. The molecule has 0 aliphatic rings. The lowest BCUT2D eigenvalue weighted by Gasteiger charge is -2.19. The second-order valence-electron chi connectivity index (χ2n) is 7.12. The molecule has 0 heterocycles. The number of benzene rings is 3. The Balaban J connectivity index is 1.89. The van der Waals surface area contributed by atoms with Crippen molar-refractivity contribution >= 4 is 28.3 Å². The normalized spacial score (nSPS) is 11.2. The Labute approximate surface area is 152 Å². The van der Waals surface area contributed by atoms with Crippen LogP contribution in [0.3, 0.4) is 0 Å². The first kappa shape index (κ1) is 17.7. The number of rotatable bonds is 3. The van der Waals surface area contributed by atoms with Gasteiger partial charge in [0, 0.05) is 5.41 Å². The summed E-state index contributed by atoms with van der Waals surface area (Å²) in [5.74, 6) is -0.284. The minimum absolute atomic E-state index is 0.147. The molecule has 1 amide bonds. The SMILES string of the molecule is CC(C)(C)C(=O)Nc1ccccc1OC(=O)c1cccc2ccccc12. The first-order valence-electron chi connectivity index (χ1n) is 8.47. The first-order chi connectivity index (χ1) is 12.4. The molecule has 4 nitrogen and oxygen atoms in total. The van der Waals surface area contributed by atoms with Gasteiger partial charge in [-0.2, -0.15) is 0 Å². The summed E-state index contributed by atoms with van der Waals surface area (Å²) in [5.41, 5.74) is 0.410. The van der Waals surface area contributed by atoms with Gasteiger partial charge in [0.15, 0.2) is 5.75 Å². The molecular formula is C22H21NO3. The van der Waals surface area contributed by atoms with E-state index >= 15 is 0 Å². The summed E-state index contributed by atoms with van der Waals surface area (Å²) in [6.07, 6.45) is 0. The summed E-state index contributed by atoms with van der Waals surface area (Å²) < 4.78 is 5.60. The van der Waals surface area contributed by atoms with Crippen LogP contribution >= 0.6 is 0 Å². The average molecular weight is 347 g/mol. The van der Waals surface area contributed by atoms with Crippen LogP contribution in [0.1, 0.15) is 31.1 Å². The summed E-state index contributed by atoms with van der Waals surface area (Å²) in [4.78, 5) is 25.0. The lowest BCUT2D eigenvalue weighted by molar-refractivity contribution is -0.123. The molecule has 0 fully saturated rings. The summed E-state index contributed by atoms with van der Waals surface area (Å²) in [6, 6.07) is 20.1. The average Bonchev–Trinajstić information content (AvgIpc) is 2.62. The number of esters is 1. The Kier molecular flexibility index (Phi) is 4.76. The van der Waals surface area contributed by atoms with E-state index in [2.05, 4.69) is 5.32 Å². The second kappa shape index (κ2) is 7.00. The standard InChI is InChI=1S/C22H21NO3/c1-22(2,3)21(25)23-18-13-6-7-14-19(18)26-20(24)17-12-8-10-15-9-4-5-11-16(15)17/h4-14H,1-3H3,(H,23,25). The third-order valence-electron chi connectivity index (χ3n) is 4.03. The number of ether oxygens (including phenoxy) is 1. The highest BCUT2D eigenvalue weighted by molar-refractivity contribution is 6.05. The van der Waals surface area contributed by atoms with E-state index in [4.69, 9.17) is 4.74 Å². The predicted octanol–water partition coefficient (Wildman–Crippen LogP) is 5.04.